The Bertz CT molecular complexity index is 409. The summed E-state index contributed by atoms with van der Waals surface area (Å²) in [7, 11) is 0. The number of carboxylic acid groups (broad SMARTS) is 1. The molecule has 4 heteroatoms. The van der Waals surface area contributed by atoms with Crippen molar-refractivity contribution < 1.29 is 9.90 Å². The van der Waals surface area contributed by atoms with Gasteiger partial charge in [-0.2, -0.15) is 0 Å². The molecule has 4 nitrogen and oxygen atoms in total. The molecule has 0 aliphatic carbocycles. The minimum atomic E-state index is -0.843. The van der Waals surface area contributed by atoms with Crippen LogP contribution >= 0.6 is 0 Å². The topological polar surface area (TPSA) is 59.3 Å². The fourth-order valence-electron chi connectivity index (χ4n) is 1.67. The van der Waals surface area contributed by atoms with Crippen molar-refractivity contribution in [2.24, 2.45) is 11.8 Å². The number of hydrogen-bond acceptors (Lipinski definition) is 2. The summed E-state index contributed by atoms with van der Waals surface area (Å²) in [5, 5.41) is 9.06. The Morgan fingerprint density at radius 1 is 1.44 bits per heavy atom. The number of rotatable bonds is 5. The van der Waals surface area contributed by atoms with Crippen LogP contribution in [0.2, 0.25) is 0 Å². The molecule has 0 saturated carbocycles. The van der Waals surface area contributed by atoms with E-state index < -0.39 is 11.9 Å². The highest BCUT2D eigenvalue weighted by Crippen LogP contribution is 2.13. The molecule has 0 aliphatic rings. The first kappa shape index (κ1) is 12.5. The summed E-state index contributed by atoms with van der Waals surface area (Å²) in [6.07, 6.45) is 2.20. The van der Waals surface area contributed by atoms with Gasteiger partial charge in [0.05, 0.1) is 5.92 Å². The minimum absolute atomic E-state index is 0.155. The van der Waals surface area contributed by atoms with Crippen LogP contribution in [0.15, 0.2) is 29.2 Å². The summed E-state index contributed by atoms with van der Waals surface area (Å²) >= 11 is 0. The molecule has 16 heavy (non-hydrogen) atoms. The van der Waals surface area contributed by atoms with Crippen LogP contribution in [-0.2, 0) is 11.3 Å². The van der Waals surface area contributed by atoms with Crippen molar-refractivity contribution in [1.29, 1.82) is 0 Å². The lowest BCUT2D eigenvalue weighted by Crippen LogP contribution is -2.27. The van der Waals surface area contributed by atoms with Crippen LogP contribution in [0.3, 0.4) is 0 Å². The first-order valence-electron chi connectivity index (χ1n) is 5.39. The third-order valence-electron chi connectivity index (χ3n) is 2.42. The number of hydrogen-bond donors (Lipinski definition) is 1. The molecule has 0 saturated heterocycles. The first-order valence-corrected chi connectivity index (χ1v) is 5.39. The van der Waals surface area contributed by atoms with E-state index >= 15 is 0 Å². The Hall–Kier alpha value is -1.58. The number of aromatic nitrogens is 1. The van der Waals surface area contributed by atoms with Gasteiger partial charge in [-0.15, -0.1) is 0 Å². The molecule has 1 aromatic heterocycles. The molecule has 1 atom stereocenters. The molecule has 0 radical (unpaired) electrons. The van der Waals surface area contributed by atoms with Crippen molar-refractivity contribution in [3.63, 3.8) is 0 Å². The Morgan fingerprint density at radius 2 is 2.12 bits per heavy atom. The van der Waals surface area contributed by atoms with Gasteiger partial charge in [-0.25, -0.2) is 0 Å². The molecule has 1 N–H and O–H groups in total. The Balaban J connectivity index is 2.80. The summed E-state index contributed by atoms with van der Waals surface area (Å²) in [6, 6.07) is 4.82. The van der Waals surface area contributed by atoms with E-state index in [0.717, 1.165) is 0 Å². The van der Waals surface area contributed by atoms with E-state index in [4.69, 9.17) is 5.11 Å². The van der Waals surface area contributed by atoms with Gasteiger partial charge in [-0.05, 0) is 18.4 Å². The number of nitrogens with zero attached hydrogens (tertiary/aromatic N) is 1. The van der Waals surface area contributed by atoms with E-state index in [1.165, 1.54) is 10.6 Å². The van der Waals surface area contributed by atoms with Gasteiger partial charge in [0.1, 0.15) is 0 Å². The van der Waals surface area contributed by atoms with Crippen molar-refractivity contribution in [2.75, 3.05) is 0 Å². The van der Waals surface area contributed by atoms with Gasteiger partial charge in [0.15, 0.2) is 0 Å². The molecule has 88 valence electrons. The summed E-state index contributed by atoms with van der Waals surface area (Å²) in [6.45, 7) is 4.20. The van der Waals surface area contributed by atoms with Crippen LogP contribution in [0.1, 0.15) is 20.3 Å². The molecule has 0 amide bonds. The molecule has 0 spiro atoms. The normalized spacial score (nSPS) is 12.7. The Morgan fingerprint density at radius 3 is 2.62 bits per heavy atom. The lowest BCUT2D eigenvalue weighted by molar-refractivity contribution is -0.142. The molecule has 0 fully saturated rings. The molecule has 0 aliphatic heterocycles. The summed E-state index contributed by atoms with van der Waals surface area (Å²) in [5.74, 6) is -1.04. The van der Waals surface area contributed by atoms with E-state index in [-0.39, 0.29) is 12.1 Å². The third-order valence-corrected chi connectivity index (χ3v) is 2.42. The largest absolute Gasteiger partial charge is 0.481 e. The van der Waals surface area contributed by atoms with Crippen LogP contribution in [0, 0.1) is 11.8 Å². The maximum atomic E-state index is 11.4. The SMILES string of the molecule is CC(C)CC(Cn1ccccc1=O)C(=O)O. The van der Waals surface area contributed by atoms with Crippen molar-refractivity contribution >= 4 is 5.97 Å². The number of aliphatic carboxylic acids is 1. The number of pyridine rings is 1. The minimum Gasteiger partial charge on any atom is -0.481 e. The third kappa shape index (κ3) is 3.53. The van der Waals surface area contributed by atoms with Crippen LogP contribution in [0.5, 0.6) is 0 Å². The summed E-state index contributed by atoms with van der Waals surface area (Å²) in [5.41, 5.74) is -0.155. The molecular weight excluding hydrogens is 206 g/mol. The highest BCUT2D eigenvalue weighted by atomic mass is 16.4. The van der Waals surface area contributed by atoms with E-state index in [0.29, 0.717) is 12.3 Å². The Kier molecular flexibility index (Phi) is 4.28. The van der Waals surface area contributed by atoms with E-state index in [9.17, 15) is 9.59 Å². The number of carbonyl (C=O) groups is 1. The maximum Gasteiger partial charge on any atom is 0.308 e. The monoisotopic (exact) mass is 223 g/mol. The van der Waals surface area contributed by atoms with E-state index in [1.54, 1.807) is 18.3 Å². The zero-order valence-corrected chi connectivity index (χ0v) is 9.59. The van der Waals surface area contributed by atoms with Crippen LogP contribution in [-0.4, -0.2) is 15.6 Å². The van der Waals surface area contributed by atoms with Gasteiger partial charge in [0, 0.05) is 18.8 Å². The predicted octanol–water partition coefficient (Wildman–Crippen LogP) is 1.60. The van der Waals surface area contributed by atoms with E-state index in [1.807, 2.05) is 13.8 Å². The van der Waals surface area contributed by atoms with Gasteiger partial charge in [0.2, 0.25) is 0 Å². The smallest absolute Gasteiger partial charge is 0.308 e. The zero-order valence-electron chi connectivity index (χ0n) is 9.59. The highest BCUT2D eigenvalue weighted by molar-refractivity contribution is 5.69. The summed E-state index contributed by atoms with van der Waals surface area (Å²) < 4.78 is 1.45. The standard InChI is InChI=1S/C12H17NO3/c1-9(2)7-10(12(15)16)8-13-6-4-3-5-11(13)14/h3-6,9-10H,7-8H2,1-2H3,(H,15,16). The molecule has 1 heterocycles. The highest BCUT2D eigenvalue weighted by Gasteiger charge is 2.19. The molecule has 0 bridgehead atoms. The van der Waals surface area contributed by atoms with Crippen molar-refractivity contribution in [3.05, 3.63) is 34.7 Å². The Labute approximate surface area is 94.5 Å². The fraction of sp³-hybridized carbons (Fsp3) is 0.500. The lowest BCUT2D eigenvalue weighted by atomic mass is 9.97. The van der Waals surface area contributed by atoms with Crippen molar-refractivity contribution in [1.82, 2.24) is 4.57 Å². The lowest BCUT2D eigenvalue weighted by Gasteiger charge is -2.15. The average molecular weight is 223 g/mol. The van der Waals surface area contributed by atoms with Crippen LogP contribution in [0.25, 0.3) is 0 Å². The molecule has 1 rings (SSSR count). The first-order chi connectivity index (χ1) is 7.50. The van der Waals surface area contributed by atoms with Crippen molar-refractivity contribution in [3.8, 4) is 0 Å². The second-order valence-electron chi connectivity index (χ2n) is 4.36. The second kappa shape index (κ2) is 5.49. The maximum absolute atomic E-state index is 11.4. The van der Waals surface area contributed by atoms with Gasteiger partial charge in [-0.1, -0.05) is 19.9 Å². The zero-order chi connectivity index (χ0) is 12.1. The average Bonchev–Trinajstić information content (AvgIpc) is 2.19. The second-order valence-corrected chi connectivity index (χ2v) is 4.36. The van der Waals surface area contributed by atoms with Crippen molar-refractivity contribution in [2.45, 2.75) is 26.8 Å². The molecule has 1 aromatic rings. The summed E-state index contributed by atoms with van der Waals surface area (Å²) in [4.78, 5) is 22.5. The quantitative estimate of drug-likeness (QED) is 0.824. The fourth-order valence-corrected chi connectivity index (χ4v) is 1.67. The molecule has 1 unspecified atom stereocenters. The number of carboxylic acids is 1. The van der Waals surface area contributed by atoms with Gasteiger partial charge in [-0.3, -0.25) is 9.59 Å². The van der Waals surface area contributed by atoms with Gasteiger partial charge >= 0.3 is 5.97 Å². The van der Waals surface area contributed by atoms with Gasteiger partial charge in [0.25, 0.3) is 5.56 Å². The predicted molar refractivity (Wildman–Crippen MR) is 61.3 cm³/mol. The molecule has 0 aromatic carbocycles. The van der Waals surface area contributed by atoms with Crippen LogP contribution in [0.4, 0.5) is 0 Å². The van der Waals surface area contributed by atoms with Crippen LogP contribution < -0.4 is 5.56 Å². The van der Waals surface area contributed by atoms with E-state index in [2.05, 4.69) is 0 Å². The van der Waals surface area contributed by atoms with Gasteiger partial charge < -0.3 is 9.67 Å². The molecular formula is C12H17NO3.